The third-order valence-corrected chi connectivity index (χ3v) is 7.92. The van der Waals surface area contributed by atoms with E-state index in [1.807, 2.05) is 0 Å². The van der Waals surface area contributed by atoms with Gasteiger partial charge in [-0.3, -0.25) is 0 Å². The quantitative estimate of drug-likeness (QED) is 0.296. The molecule has 0 aromatic heterocycles. The fourth-order valence-electron chi connectivity index (χ4n) is 4.79. The van der Waals surface area contributed by atoms with Gasteiger partial charge >= 0.3 is 0 Å². The molecule has 4 nitrogen and oxygen atoms in total. The van der Waals surface area contributed by atoms with E-state index in [1.165, 1.54) is 43.3 Å². The van der Waals surface area contributed by atoms with Crippen molar-refractivity contribution in [1.29, 1.82) is 0 Å². The third kappa shape index (κ3) is 5.08. The standard InChI is InChI=1S/C21H35NO3S/c1-26(11-9-23)10-3-2-4-15-5-7-18-17(12-15)14-22-20-8-6-16(21(24)25)13-19(18)20/h13,15-16,20-25H,1-12,14H2. The van der Waals surface area contributed by atoms with Gasteiger partial charge in [0.05, 0.1) is 6.61 Å². The zero-order chi connectivity index (χ0) is 18.5. The molecule has 0 amide bonds. The Labute approximate surface area is 160 Å². The van der Waals surface area contributed by atoms with Crippen molar-refractivity contribution in [2.24, 2.45) is 11.8 Å². The minimum atomic E-state index is -1.23. The van der Waals surface area contributed by atoms with Crippen molar-refractivity contribution in [3.05, 3.63) is 22.8 Å². The first-order chi connectivity index (χ1) is 12.6. The maximum Gasteiger partial charge on any atom is 0.157 e. The monoisotopic (exact) mass is 381 g/mol. The summed E-state index contributed by atoms with van der Waals surface area (Å²) in [6.07, 6.45) is 10.2. The number of aliphatic hydroxyl groups is 3. The van der Waals surface area contributed by atoms with Crippen LogP contribution in [-0.4, -0.2) is 58.2 Å². The number of rotatable bonds is 8. The molecule has 4 unspecified atom stereocenters. The smallest absolute Gasteiger partial charge is 0.157 e. The van der Waals surface area contributed by atoms with Crippen LogP contribution in [0, 0.1) is 11.8 Å². The first-order valence-corrected chi connectivity index (χ1v) is 11.9. The Morgan fingerprint density at radius 1 is 1.19 bits per heavy atom. The van der Waals surface area contributed by atoms with Gasteiger partial charge in [0, 0.05) is 24.3 Å². The van der Waals surface area contributed by atoms with Crippen LogP contribution < -0.4 is 5.32 Å². The van der Waals surface area contributed by atoms with Gasteiger partial charge in [0.1, 0.15) is 0 Å². The van der Waals surface area contributed by atoms with Crippen LogP contribution in [-0.2, 0) is 0 Å². The number of hydrogen-bond donors (Lipinski definition) is 4. The Kier molecular flexibility index (Phi) is 7.53. The molecular weight excluding hydrogens is 346 g/mol. The summed E-state index contributed by atoms with van der Waals surface area (Å²) in [5, 5.41) is 31.7. The van der Waals surface area contributed by atoms with Crippen LogP contribution in [0.4, 0.5) is 0 Å². The molecule has 1 aliphatic heterocycles. The highest BCUT2D eigenvalue weighted by molar-refractivity contribution is 8.14. The third-order valence-electron chi connectivity index (χ3n) is 6.29. The Morgan fingerprint density at radius 2 is 2.04 bits per heavy atom. The first-order valence-electron chi connectivity index (χ1n) is 10.2. The fraction of sp³-hybridized carbons (Fsp3) is 0.762. The van der Waals surface area contributed by atoms with Crippen molar-refractivity contribution in [2.75, 3.05) is 24.7 Å². The van der Waals surface area contributed by atoms with Crippen LogP contribution in [0.25, 0.3) is 0 Å². The first kappa shape index (κ1) is 20.3. The van der Waals surface area contributed by atoms with Crippen LogP contribution in [0.5, 0.6) is 0 Å². The molecule has 4 atom stereocenters. The normalized spacial score (nSPS) is 30.0. The number of hydrogen-bond acceptors (Lipinski definition) is 4. The summed E-state index contributed by atoms with van der Waals surface area (Å²) in [5.74, 6) is 6.82. The summed E-state index contributed by atoms with van der Waals surface area (Å²) in [5.41, 5.74) is 4.45. The van der Waals surface area contributed by atoms with Crippen LogP contribution in [0.15, 0.2) is 22.8 Å². The molecule has 0 fully saturated rings. The number of aliphatic hydroxyl groups excluding tert-OH is 2. The highest BCUT2D eigenvalue weighted by Gasteiger charge is 2.34. The van der Waals surface area contributed by atoms with E-state index in [0.29, 0.717) is 6.04 Å². The average Bonchev–Trinajstić information content (AvgIpc) is 2.64. The SMILES string of the molecule is C=S(CCO)CCCCC1CCC2=C(CNC3CCC(C(O)O)C=C23)C1. The van der Waals surface area contributed by atoms with Gasteiger partial charge in [-0.1, -0.05) is 30.4 Å². The molecule has 0 bridgehead atoms. The molecule has 0 radical (unpaired) electrons. The van der Waals surface area contributed by atoms with E-state index in [9.17, 15) is 10.2 Å². The Hall–Kier alpha value is -0.460. The van der Waals surface area contributed by atoms with E-state index in [0.717, 1.165) is 43.2 Å². The molecule has 4 N–H and O–H groups in total. The second-order valence-corrected chi connectivity index (χ2v) is 10.2. The van der Waals surface area contributed by atoms with E-state index >= 15 is 0 Å². The van der Waals surface area contributed by atoms with E-state index in [2.05, 4.69) is 17.3 Å². The number of unbranched alkanes of at least 4 members (excludes halogenated alkanes) is 1. The van der Waals surface area contributed by atoms with Crippen LogP contribution in [0.3, 0.4) is 0 Å². The molecule has 26 heavy (non-hydrogen) atoms. The summed E-state index contributed by atoms with van der Waals surface area (Å²) < 4.78 is 0. The zero-order valence-electron chi connectivity index (χ0n) is 15.8. The maximum atomic E-state index is 9.56. The lowest BCUT2D eigenvalue weighted by atomic mass is 9.72. The summed E-state index contributed by atoms with van der Waals surface area (Å²) in [6.45, 7) is 1.28. The second kappa shape index (κ2) is 9.65. The summed E-state index contributed by atoms with van der Waals surface area (Å²) >= 11 is 0. The Bertz CT molecular complexity index is 570. The van der Waals surface area contributed by atoms with E-state index in [-0.39, 0.29) is 23.0 Å². The molecule has 5 heteroatoms. The zero-order valence-corrected chi connectivity index (χ0v) is 16.6. The lowest BCUT2D eigenvalue weighted by Crippen LogP contribution is -2.42. The van der Waals surface area contributed by atoms with Gasteiger partial charge < -0.3 is 20.6 Å². The minimum Gasteiger partial charge on any atom is -0.396 e. The summed E-state index contributed by atoms with van der Waals surface area (Å²) in [4.78, 5) is 0. The van der Waals surface area contributed by atoms with Crippen molar-refractivity contribution in [2.45, 2.75) is 63.7 Å². The molecule has 1 heterocycles. The largest absolute Gasteiger partial charge is 0.396 e. The Balaban J connectivity index is 1.53. The van der Waals surface area contributed by atoms with E-state index < -0.39 is 6.29 Å². The fourth-order valence-corrected chi connectivity index (χ4v) is 5.87. The predicted octanol–water partition coefficient (Wildman–Crippen LogP) is 2.57. The number of fused-ring (bicyclic) bond motifs is 2. The van der Waals surface area contributed by atoms with E-state index in [1.54, 1.807) is 5.57 Å². The Morgan fingerprint density at radius 3 is 2.81 bits per heavy atom. The van der Waals surface area contributed by atoms with Crippen molar-refractivity contribution in [1.82, 2.24) is 5.32 Å². The predicted molar refractivity (Wildman–Crippen MR) is 111 cm³/mol. The van der Waals surface area contributed by atoms with Crippen LogP contribution >= 0.6 is 10.5 Å². The molecule has 0 spiro atoms. The molecule has 3 rings (SSSR count). The van der Waals surface area contributed by atoms with Crippen molar-refractivity contribution >= 4 is 16.4 Å². The van der Waals surface area contributed by atoms with Gasteiger partial charge in [0.15, 0.2) is 6.29 Å². The summed E-state index contributed by atoms with van der Waals surface area (Å²) in [7, 11) is 0.137. The topological polar surface area (TPSA) is 72.7 Å². The van der Waals surface area contributed by atoms with Gasteiger partial charge in [0.2, 0.25) is 0 Å². The molecule has 3 aliphatic rings. The van der Waals surface area contributed by atoms with Crippen LogP contribution in [0.1, 0.15) is 51.4 Å². The van der Waals surface area contributed by atoms with Gasteiger partial charge in [-0.25, -0.2) is 0 Å². The lowest BCUT2D eigenvalue weighted by molar-refractivity contribution is -0.0740. The highest BCUT2D eigenvalue weighted by atomic mass is 32.2. The van der Waals surface area contributed by atoms with Gasteiger partial charge in [-0.05, 0) is 61.3 Å². The van der Waals surface area contributed by atoms with Gasteiger partial charge in [-0.15, -0.1) is 0 Å². The molecule has 0 aromatic carbocycles. The molecule has 148 valence electrons. The van der Waals surface area contributed by atoms with Gasteiger partial charge in [0.25, 0.3) is 0 Å². The summed E-state index contributed by atoms with van der Waals surface area (Å²) in [6, 6.07) is 0.418. The van der Waals surface area contributed by atoms with Crippen LogP contribution in [0.2, 0.25) is 0 Å². The second-order valence-electron chi connectivity index (χ2n) is 8.14. The van der Waals surface area contributed by atoms with Crippen molar-refractivity contribution in [3.63, 3.8) is 0 Å². The number of nitrogens with one attached hydrogen (secondary N) is 1. The van der Waals surface area contributed by atoms with Crippen molar-refractivity contribution in [3.8, 4) is 0 Å². The van der Waals surface area contributed by atoms with Crippen molar-refractivity contribution < 1.29 is 15.3 Å². The molecule has 0 saturated carbocycles. The molecule has 0 saturated heterocycles. The lowest BCUT2D eigenvalue weighted by Gasteiger charge is -2.40. The average molecular weight is 382 g/mol. The minimum absolute atomic E-state index is 0.108. The molecule has 2 aliphatic carbocycles. The van der Waals surface area contributed by atoms with Gasteiger partial charge in [-0.2, -0.15) is 10.5 Å². The maximum absolute atomic E-state index is 9.56. The molecular formula is C21H35NO3S. The van der Waals surface area contributed by atoms with E-state index in [4.69, 9.17) is 5.11 Å². The molecule has 0 aromatic rings. The highest BCUT2D eigenvalue weighted by Crippen LogP contribution is 2.42.